The molecule has 0 radical (unpaired) electrons. The summed E-state index contributed by atoms with van der Waals surface area (Å²) in [5.41, 5.74) is 7.79. The molecule has 1 aromatic rings. The molecule has 1 unspecified atom stereocenters. The van der Waals surface area contributed by atoms with E-state index >= 15 is 0 Å². The fourth-order valence-corrected chi connectivity index (χ4v) is 2.37. The zero-order chi connectivity index (χ0) is 13.8. The fourth-order valence-electron chi connectivity index (χ4n) is 1.89. The molecule has 1 fully saturated rings. The molecule has 0 aromatic heterocycles. The second-order valence-electron chi connectivity index (χ2n) is 4.45. The van der Waals surface area contributed by atoms with Gasteiger partial charge in [-0.15, -0.1) is 0 Å². The van der Waals surface area contributed by atoms with Crippen molar-refractivity contribution in [1.82, 2.24) is 5.32 Å². The Hall–Kier alpha value is -1.11. The highest BCUT2D eigenvalue weighted by molar-refractivity contribution is 9.10. The molecule has 1 saturated heterocycles. The van der Waals surface area contributed by atoms with Crippen LogP contribution >= 0.6 is 15.9 Å². The molecule has 6 heteroatoms. The number of hydrogen-bond acceptors (Lipinski definition) is 4. The molecule has 0 bridgehead atoms. The molecule has 1 heterocycles. The van der Waals surface area contributed by atoms with Crippen molar-refractivity contribution in [1.29, 1.82) is 0 Å². The van der Waals surface area contributed by atoms with Crippen molar-refractivity contribution in [2.45, 2.75) is 13.0 Å². The van der Waals surface area contributed by atoms with Crippen molar-refractivity contribution in [2.24, 2.45) is 0 Å². The van der Waals surface area contributed by atoms with E-state index in [9.17, 15) is 4.79 Å². The number of amides is 1. The number of benzene rings is 1. The van der Waals surface area contributed by atoms with Crippen molar-refractivity contribution in [3.63, 3.8) is 0 Å². The number of anilines is 1. The van der Waals surface area contributed by atoms with Crippen LogP contribution in [0.4, 0.5) is 5.69 Å². The Morgan fingerprint density at radius 3 is 3.00 bits per heavy atom. The molecule has 1 aliphatic rings. The lowest BCUT2D eigenvalue weighted by Gasteiger charge is -2.23. The first-order valence-electron chi connectivity index (χ1n) is 6.11. The highest BCUT2D eigenvalue weighted by Crippen LogP contribution is 2.22. The molecule has 0 saturated carbocycles. The van der Waals surface area contributed by atoms with E-state index in [1.807, 2.05) is 6.92 Å². The largest absolute Gasteiger partial charge is 0.398 e. The molecule has 1 amide bonds. The van der Waals surface area contributed by atoms with Gasteiger partial charge in [0.2, 0.25) is 0 Å². The zero-order valence-electron chi connectivity index (χ0n) is 10.7. The second kappa shape index (κ2) is 6.36. The smallest absolute Gasteiger partial charge is 0.251 e. The van der Waals surface area contributed by atoms with Crippen LogP contribution < -0.4 is 11.1 Å². The topological polar surface area (TPSA) is 73.6 Å². The molecule has 3 N–H and O–H groups in total. The van der Waals surface area contributed by atoms with Crippen molar-refractivity contribution in [3.05, 3.63) is 27.7 Å². The molecule has 1 atom stereocenters. The molecule has 104 valence electrons. The van der Waals surface area contributed by atoms with E-state index in [1.165, 1.54) is 0 Å². The van der Waals surface area contributed by atoms with E-state index in [0.29, 0.717) is 37.6 Å². The van der Waals surface area contributed by atoms with Gasteiger partial charge >= 0.3 is 0 Å². The van der Waals surface area contributed by atoms with Gasteiger partial charge in [0.1, 0.15) is 0 Å². The van der Waals surface area contributed by atoms with Crippen LogP contribution in [0, 0.1) is 6.92 Å². The summed E-state index contributed by atoms with van der Waals surface area (Å²) >= 11 is 3.34. The summed E-state index contributed by atoms with van der Waals surface area (Å²) in [5.74, 6) is -0.153. The first-order valence-corrected chi connectivity index (χ1v) is 6.90. The number of carbonyl (C=O) groups is 1. The number of ether oxygens (including phenoxy) is 2. The number of nitrogens with one attached hydrogen (secondary N) is 1. The van der Waals surface area contributed by atoms with Crippen LogP contribution in [0.2, 0.25) is 0 Å². The maximum absolute atomic E-state index is 12.1. The third-order valence-corrected chi connectivity index (χ3v) is 3.49. The Morgan fingerprint density at radius 1 is 1.53 bits per heavy atom. The van der Waals surface area contributed by atoms with Gasteiger partial charge in [-0.05, 0) is 24.6 Å². The van der Waals surface area contributed by atoms with Gasteiger partial charge in [-0.1, -0.05) is 15.9 Å². The summed E-state index contributed by atoms with van der Waals surface area (Å²) in [6.07, 6.45) is -0.0810. The predicted octanol–water partition coefficient (Wildman–Crippen LogP) is 1.48. The summed E-state index contributed by atoms with van der Waals surface area (Å²) in [7, 11) is 0. The van der Waals surface area contributed by atoms with Crippen LogP contribution in [0.25, 0.3) is 0 Å². The minimum Gasteiger partial charge on any atom is -0.398 e. The van der Waals surface area contributed by atoms with E-state index in [2.05, 4.69) is 21.2 Å². The van der Waals surface area contributed by atoms with Crippen molar-refractivity contribution in [3.8, 4) is 0 Å². The van der Waals surface area contributed by atoms with Gasteiger partial charge in [-0.25, -0.2) is 0 Å². The highest BCUT2D eigenvalue weighted by Gasteiger charge is 2.17. The lowest BCUT2D eigenvalue weighted by atomic mass is 10.1. The minimum atomic E-state index is -0.153. The quantitative estimate of drug-likeness (QED) is 0.824. The predicted molar refractivity (Wildman–Crippen MR) is 76.2 cm³/mol. The van der Waals surface area contributed by atoms with E-state index in [1.54, 1.807) is 12.1 Å². The van der Waals surface area contributed by atoms with Crippen LogP contribution in [-0.4, -0.2) is 38.4 Å². The van der Waals surface area contributed by atoms with Gasteiger partial charge in [0, 0.05) is 22.3 Å². The number of nitrogen functional groups attached to an aromatic ring is 1. The lowest BCUT2D eigenvalue weighted by Crippen LogP contribution is -2.39. The molecular formula is C13H17BrN2O3. The van der Waals surface area contributed by atoms with Gasteiger partial charge in [-0.2, -0.15) is 0 Å². The minimum absolute atomic E-state index is 0.0810. The Morgan fingerprint density at radius 2 is 2.32 bits per heavy atom. The second-order valence-corrected chi connectivity index (χ2v) is 5.36. The number of rotatable bonds is 3. The van der Waals surface area contributed by atoms with Gasteiger partial charge in [0.05, 0.1) is 25.9 Å². The van der Waals surface area contributed by atoms with E-state index in [-0.39, 0.29) is 12.0 Å². The highest BCUT2D eigenvalue weighted by atomic mass is 79.9. The first-order chi connectivity index (χ1) is 9.08. The van der Waals surface area contributed by atoms with E-state index < -0.39 is 0 Å². The summed E-state index contributed by atoms with van der Waals surface area (Å²) < 4.78 is 11.5. The molecule has 0 spiro atoms. The number of hydrogen-bond donors (Lipinski definition) is 2. The average molecular weight is 329 g/mol. The zero-order valence-corrected chi connectivity index (χ0v) is 12.3. The average Bonchev–Trinajstić information content (AvgIpc) is 2.41. The normalized spacial score (nSPS) is 19.2. The van der Waals surface area contributed by atoms with Crippen molar-refractivity contribution in [2.75, 3.05) is 32.1 Å². The Bertz CT molecular complexity index is 473. The van der Waals surface area contributed by atoms with Gasteiger partial charge < -0.3 is 20.5 Å². The molecule has 2 rings (SSSR count). The van der Waals surface area contributed by atoms with E-state index in [4.69, 9.17) is 15.2 Å². The summed E-state index contributed by atoms with van der Waals surface area (Å²) in [5, 5.41) is 2.84. The van der Waals surface area contributed by atoms with Crippen LogP contribution in [0.5, 0.6) is 0 Å². The van der Waals surface area contributed by atoms with Gasteiger partial charge in [0.15, 0.2) is 0 Å². The van der Waals surface area contributed by atoms with Crippen LogP contribution in [0.1, 0.15) is 15.9 Å². The number of halogens is 1. The summed E-state index contributed by atoms with van der Waals surface area (Å²) in [6, 6.07) is 3.55. The Balaban J connectivity index is 1.99. The lowest BCUT2D eigenvalue weighted by molar-refractivity contribution is -0.0855. The Labute approximate surface area is 120 Å². The van der Waals surface area contributed by atoms with Crippen molar-refractivity contribution >= 4 is 27.5 Å². The number of carbonyl (C=O) groups excluding carboxylic acids is 1. The molecule has 1 aliphatic heterocycles. The monoisotopic (exact) mass is 328 g/mol. The standard InChI is InChI=1S/C13H17BrN2O3/c1-8-11(4-9(14)5-12(8)15)13(17)16-6-10-7-18-2-3-19-10/h4-5,10H,2-3,6-7,15H2,1H3,(H,16,17). The first kappa shape index (κ1) is 14.3. The van der Waals surface area contributed by atoms with Gasteiger partial charge in [-0.3, -0.25) is 4.79 Å². The van der Waals surface area contributed by atoms with Crippen LogP contribution in [-0.2, 0) is 9.47 Å². The molecular weight excluding hydrogens is 312 g/mol. The number of nitrogens with two attached hydrogens (primary N) is 1. The molecule has 1 aromatic carbocycles. The fraction of sp³-hybridized carbons (Fsp3) is 0.462. The van der Waals surface area contributed by atoms with Gasteiger partial charge in [0.25, 0.3) is 5.91 Å². The maximum atomic E-state index is 12.1. The third-order valence-electron chi connectivity index (χ3n) is 3.03. The molecule has 5 nitrogen and oxygen atoms in total. The summed E-state index contributed by atoms with van der Waals surface area (Å²) in [6.45, 7) is 3.97. The van der Waals surface area contributed by atoms with E-state index in [0.717, 1.165) is 10.0 Å². The Kier molecular flexibility index (Phi) is 4.79. The van der Waals surface area contributed by atoms with Crippen LogP contribution in [0.3, 0.4) is 0 Å². The third kappa shape index (κ3) is 3.68. The van der Waals surface area contributed by atoms with Crippen LogP contribution in [0.15, 0.2) is 16.6 Å². The SMILES string of the molecule is Cc1c(N)cc(Br)cc1C(=O)NCC1COCCO1. The summed E-state index contributed by atoms with van der Waals surface area (Å²) in [4.78, 5) is 12.1. The van der Waals surface area contributed by atoms with Crippen molar-refractivity contribution < 1.29 is 14.3 Å². The molecule has 0 aliphatic carbocycles. The molecule has 19 heavy (non-hydrogen) atoms. The maximum Gasteiger partial charge on any atom is 0.251 e.